The summed E-state index contributed by atoms with van der Waals surface area (Å²) in [5.74, 6) is 0.885. The molecule has 1 aromatic carbocycles. The summed E-state index contributed by atoms with van der Waals surface area (Å²) < 4.78 is 0. The molecule has 2 heteroatoms. The molecule has 1 atom stereocenters. The summed E-state index contributed by atoms with van der Waals surface area (Å²) in [5, 5.41) is 0.904. The average molecular weight is 238 g/mol. The number of nitrogens with zero attached hydrogens (tertiary/aromatic N) is 1. The molecule has 0 saturated carbocycles. The number of piperidine rings is 1. The second-order valence-corrected chi connectivity index (χ2v) is 5.15. The molecule has 0 unspecified atom stereocenters. The molecule has 0 N–H and O–H groups in total. The zero-order valence-corrected chi connectivity index (χ0v) is 10.7. The molecule has 0 amide bonds. The lowest BCUT2D eigenvalue weighted by Crippen LogP contribution is -2.34. The van der Waals surface area contributed by atoms with Gasteiger partial charge in [0.15, 0.2) is 0 Å². The first-order valence-corrected chi connectivity index (χ1v) is 6.63. The van der Waals surface area contributed by atoms with E-state index in [1.165, 1.54) is 37.9 Å². The first-order chi connectivity index (χ1) is 7.79. The molecule has 0 radical (unpaired) electrons. The van der Waals surface area contributed by atoms with Gasteiger partial charge in [-0.25, -0.2) is 0 Å². The van der Waals surface area contributed by atoms with E-state index in [1.54, 1.807) is 0 Å². The highest BCUT2D eigenvalue weighted by atomic mass is 35.5. The summed E-state index contributed by atoms with van der Waals surface area (Å²) in [7, 11) is 0. The van der Waals surface area contributed by atoms with E-state index in [4.69, 9.17) is 11.6 Å². The molecule has 88 valence electrons. The van der Waals surface area contributed by atoms with Gasteiger partial charge in [0.1, 0.15) is 0 Å². The van der Waals surface area contributed by atoms with Crippen LogP contribution < -0.4 is 0 Å². The van der Waals surface area contributed by atoms with E-state index in [0.29, 0.717) is 0 Å². The SMILES string of the molecule is CC[C@@H]1CCCN(Cc2ccccc2Cl)C1. The Bertz CT molecular complexity index is 337. The van der Waals surface area contributed by atoms with E-state index < -0.39 is 0 Å². The summed E-state index contributed by atoms with van der Waals surface area (Å²) in [6.45, 7) is 5.77. The Morgan fingerprint density at radius 3 is 2.94 bits per heavy atom. The summed E-state index contributed by atoms with van der Waals surface area (Å²) in [6, 6.07) is 8.19. The van der Waals surface area contributed by atoms with Gasteiger partial charge in [0.2, 0.25) is 0 Å². The molecule has 1 fully saturated rings. The maximum Gasteiger partial charge on any atom is 0.0451 e. The highest BCUT2D eigenvalue weighted by Crippen LogP contribution is 2.23. The third kappa shape index (κ3) is 2.99. The summed E-state index contributed by atoms with van der Waals surface area (Å²) in [4.78, 5) is 2.54. The van der Waals surface area contributed by atoms with Crippen molar-refractivity contribution >= 4 is 11.6 Å². The van der Waals surface area contributed by atoms with Crippen molar-refractivity contribution in [2.45, 2.75) is 32.7 Å². The van der Waals surface area contributed by atoms with Crippen molar-refractivity contribution in [3.63, 3.8) is 0 Å². The predicted octanol–water partition coefficient (Wildman–Crippen LogP) is 3.96. The average Bonchev–Trinajstić information content (AvgIpc) is 2.32. The van der Waals surface area contributed by atoms with Crippen molar-refractivity contribution < 1.29 is 0 Å². The highest BCUT2D eigenvalue weighted by Gasteiger charge is 2.18. The van der Waals surface area contributed by atoms with E-state index in [2.05, 4.69) is 24.0 Å². The molecular weight excluding hydrogens is 218 g/mol. The van der Waals surface area contributed by atoms with E-state index in [0.717, 1.165) is 17.5 Å². The topological polar surface area (TPSA) is 3.24 Å². The number of likely N-dealkylation sites (tertiary alicyclic amines) is 1. The van der Waals surface area contributed by atoms with Crippen LogP contribution in [0.15, 0.2) is 24.3 Å². The van der Waals surface area contributed by atoms with Crippen LogP contribution in [0.1, 0.15) is 31.7 Å². The maximum atomic E-state index is 6.19. The molecule has 1 heterocycles. The van der Waals surface area contributed by atoms with Crippen LogP contribution in [0.4, 0.5) is 0 Å². The van der Waals surface area contributed by atoms with Crippen molar-refractivity contribution in [3.05, 3.63) is 34.9 Å². The van der Waals surface area contributed by atoms with E-state index >= 15 is 0 Å². The van der Waals surface area contributed by atoms with Crippen LogP contribution >= 0.6 is 11.6 Å². The van der Waals surface area contributed by atoms with Crippen LogP contribution in [-0.4, -0.2) is 18.0 Å². The Morgan fingerprint density at radius 1 is 1.38 bits per heavy atom. The van der Waals surface area contributed by atoms with Crippen LogP contribution in [0.3, 0.4) is 0 Å². The third-order valence-electron chi connectivity index (χ3n) is 3.53. The quantitative estimate of drug-likeness (QED) is 0.769. The van der Waals surface area contributed by atoms with Crippen molar-refractivity contribution in [3.8, 4) is 0 Å². The van der Waals surface area contributed by atoms with E-state index in [1.807, 2.05) is 12.1 Å². The fourth-order valence-electron chi connectivity index (χ4n) is 2.50. The van der Waals surface area contributed by atoms with Crippen molar-refractivity contribution in [2.24, 2.45) is 5.92 Å². The Balaban J connectivity index is 1.97. The number of rotatable bonds is 3. The van der Waals surface area contributed by atoms with E-state index in [9.17, 15) is 0 Å². The zero-order valence-electron chi connectivity index (χ0n) is 9.95. The van der Waals surface area contributed by atoms with Gasteiger partial charge in [-0.3, -0.25) is 4.90 Å². The zero-order chi connectivity index (χ0) is 11.4. The molecule has 1 aliphatic heterocycles. The fourth-order valence-corrected chi connectivity index (χ4v) is 2.69. The molecular formula is C14H20ClN. The molecule has 0 aromatic heterocycles. The first kappa shape index (κ1) is 11.9. The van der Waals surface area contributed by atoms with Crippen molar-refractivity contribution in [2.75, 3.05) is 13.1 Å². The molecule has 1 nitrogen and oxygen atoms in total. The number of benzene rings is 1. The summed E-state index contributed by atoms with van der Waals surface area (Å²) >= 11 is 6.19. The number of hydrogen-bond donors (Lipinski definition) is 0. The standard InChI is InChI=1S/C14H20ClN/c1-2-12-6-5-9-16(10-12)11-13-7-3-4-8-14(13)15/h3-4,7-8,12H,2,5-6,9-11H2,1H3/t12-/m1/s1. The lowest BCUT2D eigenvalue weighted by atomic mass is 9.95. The van der Waals surface area contributed by atoms with Gasteiger partial charge >= 0.3 is 0 Å². The minimum Gasteiger partial charge on any atom is -0.299 e. The van der Waals surface area contributed by atoms with E-state index in [-0.39, 0.29) is 0 Å². The van der Waals surface area contributed by atoms with Crippen LogP contribution in [0.2, 0.25) is 5.02 Å². The molecule has 1 aromatic rings. The van der Waals surface area contributed by atoms with Gasteiger partial charge in [0.05, 0.1) is 0 Å². The highest BCUT2D eigenvalue weighted by molar-refractivity contribution is 6.31. The maximum absolute atomic E-state index is 6.19. The van der Waals surface area contributed by atoms with Crippen LogP contribution in [-0.2, 0) is 6.54 Å². The molecule has 0 aliphatic carbocycles. The lowest BCUT2D eigenvalue weighted by Gasteiger charge is -2.32. The van der Waals surface area contributed by atoms with Crippen LogP contribution in [0.5, 0.6) is 0 Å². The van der Waals surface area contributed by atoms with Gasteiger partial charge in [0.25, 0.3) is 0 Å². The summed E-state index contributed by atoms with van der Waals surface area (Å²) in [5.41, 5.74) is 1.26. The van der Waals surface area contributed by atoms with Gasteiger partial charge in [-0.05, 0) is 36.9 Å². The van der Waals surface area contributed by atoms with Crippen LogP contribution in [0.25, 0.3) is 0 Å². The van der Waals surface area contributed by atoms with Gasteiger partial charge in [-0.2, -0.15) is 0 Å². The Labute approximate surface area is 103 Å². The third-order valence-corrected chi connectivity index (χ3v) is 3.90. The second-order valence-electron chi connectivity index (χ2n) is 4.74. The molecule has 1 saturated heterocycles. The monoisotopic (exact) mass is 237 g/mol. The first-order valence-electron chi connectivity index (χ1n) is 6.25. The van der Waals surface area contributed by atoms with Gasteiger partial charge in [0, 0.05) is 18.1 Å². The molecule has 2 rings (SSSR count). The van der Waals surface area contributed by atoms with Crippen molar-refractivity contribution in [1.29, 1.82) is 0 Å². The predicted molar refractivity (Wildman–Crippen MR) is 69.7 cm³/mol. The smallest absolute Gasteiger partial charge is 0.0451 e. The van der Waals surface area contributed by atoms with Gasteiger partial charge in [-0.15, -0.1) is 0 Å². The Morgan fingerprint density at radius 2 is 2.19 bits per heavy atom. The van der Waals surface area contributed by atoms with Gasteiger partial charge in [-0.1, -0.05) is 43.1 Å². The number of hydrogen-bond acceptors (Lipinski definition) is 1. The fraction of sp³-hybridized carbons (Fsp3) is 0.571. The minimum absolute atomic E-state index is 0.885. The Kier molecular flexibility index (Phi) is 4.25. The molecule has 16 heavy (non-hydrogen) atoms. The summed E-state index contributed by atoms with van der Waals surface area (Å²) in [6.07, 6.45) is 4.04. The number of halogens is 1. The second kappa shape index (κ2) is 5.70. The van der Waals surface area contributed by atoms with Crippen molar-refractivity contribution in [1.82, 2.24) is 4.90 Å². The normalized spacial score (nSPS) is 22.2. The lowest BCUT2D eigenvalue weighted by molar-refractivity contribution is 0.165. The molecule has 0 bridgehead atoms. The Hall–Kier alpha value is -0.530. The van der Waals surface area contributed by atoms with Crippen LogP contribution in [0, 0.1) is 5.92 Å². The molecule has 1 aliphatic rings. The molecule has 0 spiro atoms. The minimum atomic E-state index is 0.885. The largest absolute Gasteiger partial charge is 0.299 e. The van der Waals surface area contributed by atoms with Gasteiger partial charge < -0.3 is 0 Å².